The Labute approximate surface area is 134 Å². The molecule has 0 fully saturated rings. The summed E-state index contributed by atoms with van der Waals surface area (Å²) in [5, 5.41) is 0. The van der Waals surface area contributed by atoms with Crippen LogP contribution in [0.15, 0.2) is 45.8 Å². The van der Waals surface area contributed by atoms with Crippen molar-refractivity contribution in [2.45, 2.75) is 37.5 Å². The maximum absolute atomic E-state index is 5.90. The first-order valence-corrected chi connectivity index (χ1v) is 8.48. The lowest BCUT2D eigenvalue weighted by atomic mass is 10.1. The Bertz CT molecular complexity index is 588. The Balaban J connectivity index is 2.11. The normalized spacial score (nSPS) is 12.4. The summed E-state index contributed by atoms with van der Waals surface area (Å²) in [4.78, 5) is 1.26. The third kappa shape index (κ3) is 4.11. The predicted molar refractivity (Wildman–Crippen MR) is 92.2 cm³/mol. The molecule has 2 rings (SSSR count). The van der Waals surface area contributed by atoms with Gasteiger partial charge in [-0.1, -0.05) is 35.4 Å². The van der Waals surface area contributed by atoms with Gasteiger partial charge in [-0.15, -0.1) is 11.8 Å². The summed E-state index contributed by atoms with van der Waals surface area (Å²) in [5.74, 6) is 0.985. The largest absolute Gasteiger partial charge is 0.324 e. The van der Waals surface area contributed by atoms with E-state index in [1.54, 1.807) is 0 Å². The van der Waals surface area contributed by atoms with Gasteiger partial charge in [0.15, 0.2) is 0 Å². The highest BCUT2D eigenvalue weighted by molar-refractivity contribution is 9.10. The van der Waals surface area contributed by atoms with Crippen molar-refractivity contribution in [3.05, 3.63) is 63.1 Å². The minimum absolute atomic E-state index is 0.0739. The molecule has 0 aliphatic heterocycles. The molecule has 0 saturated heterocycles. The number of rotatable bonds is 4. The van der Waals surface area contributed by atoms with Crippen molar-refractivity contribution in [1.29, 1.82) is 0 Å². The molecule has 106 valence electrons. The van der Waals surface area contributed by atoms with E-state index in [0.29, 0.717) is 0 Å². The summed E-state index contributed by atoms with van der Waals surface area (Å²) in [6, 6.07) is 13.2. The third-order valence-electron chi connectivity index (χ3n) is 3.16. The molecule has 0 aliphatic rings. The van der Waals surface area contributed by atoms with Crippen LogP contribution < -0.4 is 5.73 Å². The molecule has 0 radical (unpaired) electrons. The van der Waals surface area contributed by atoms with Crippen molar-refractivity contribution in [2.75, 3.05) is 0 Å². The Morgan fingerprint density at radius 1 is 1.10 bits per heavy atom. The summed E-state index contributed by atoms with van der Waals surface area (Å²) < 4.78 is 1.13. The molecule has 1 nitrogen and oxygen atoms in total. The Hall–Kier alpha value is -0.770. The number of thioether (sulfide) groups is 1. The summed E-state index contributed by atoms with van der Waals surface area (Å²) in [6.45, 7) is 6.30. The highest BCUT2D eigenvalue weighted by Gasteiger charge is 2.06. The van der Waals surface area contributed by atoms with E-state index < -0.39 is 0 Å². The minimum atomic E-state index is 0.0739. The lowest BCUT2D eigenvalue weighted by molar-refractivity contribution is 0.815. The monoisotopic (exact) mass is 349 g/mol. The molecule has 0 saturated carbocycles. The highest BCUT2D eigenvalue weighted by Crippen LogP contribution is 2.32. The van der Waals surface area contributed by atoms with E-state index in [-0.39, 0.29) is 6.04 Å². The van der Waals surface area contributed by atoms with Gasteiger partial charge in [-0.05, 0) is 60.0 Å². The fourth-order valence-electron chi connectivity index (χ4n) is 2.23. The topological polar surface area (TPSA) is 26.0 Å². The van der Waals surface area contributed by atoms with Crippen molar-refractivity contribution in [3.63, 3.8) is 0 Å². The van der Waals surface area contributed by atoms with Gasteiger partial charge in [-0.3, -0.25) is 0 Å². The van der Waals surface area contributed by atoms with Gasteiger partial charge in [0.1, 0.15) is 0 Å². The van der Waals surface area contributed by atoms with Crippen LogP contribution in [0.5, 0.6) is 0 Å². The van der Waals surface area contributed by atoms with E-state index in [1.807, 2.05) is 18.7 Å². The van der Waals surface area contributed by atoms with E-state index in [9.17, 15) is 0 Å². The lowest BCUT2D eigenvalue weighted by Crippen LogP contribution is -2.04. The fourth-order valence-corrected chi connectivity index (χ4v) is 3.82. The fraction of sp³-hybridized carbons (Fsp3) is 0.294. The van der Waals surface area contributed by atoms with Crippen LogP contribution in [-0.2, 0) is 5.75 Å². The van der Waals surface area contributed by atoms with Gasteiger partial charge in [0.2, 0.25) is 0 Å². The molecule has 2 aromatic rings. The van der Waals surface area contributed by atoms with Crippen molar-refractivity contribution in [2.24, 2.45) is 5.73 Å². The first-order chi connectivity index (χ1) is 9.45. The molecule has 0 bridgehead atoms. The molecule has 0 heterocycles. The number of hydrogen-bond donors (Lipinski definition) is 1. The number of aryl methyl sites for hydroxylation is 2. The second-order valence-electron chi connectivity index (χ2n) is 5.26. The first-order valence-electron chi connectivity index (χ1n) is 6.70. The Morgan fingerprint density at radius 2 is 1.75 bits per heavy atom. The Morgan fingerprint density at radius 3 is 2.30 bits per heavy atom. The van der Waals surface area contributed by atoms with Crippen LogP contribution in [0, 0.1) is 13.8 Å². The molecule has 0 aliphatic carbocycles. The van der Waals surface area contributed by atoms with E-state index in [4.69, 9.17) is 5.73 Å². The molecule has 1 atom stereocenters. The number of nitrogens with two attached hydrogens (primary N) is 1. The maximum Gasteiger partial charge on any atom is 0.0314 e. The van der Waals surface area contributed by atoms with Gasteiger partial charge in [-0.2, -0.15) is 0 Å². The molecular formula is C17H20BrNS. The summed E-state index contributed by atoms with van der Waals surface area (Å²) in [7, 11) is 0. The van der Waals surface area contributed by atoms with Crippen molar-refractivity contribution in [1.82, 2.24) is 0 Å². The summed E-state index contributed by atoms with van der Waals surface area (Å²) >= 11 is 5.49. The van der Waals surface area contributed by atoms with Gasteiger partial charge >= 0.3 is 0 Å². The second-order valence-corrected chi connectivity index (χ2v) is 7.13. The molecule has 0 aromatic heterocycles. The zero-order chi connectivity index (χ0) is 14.7. The molecule has 0 spiro atoms. The average molecular weight is 350 g/mol. The van der Waals surface area contributed by atoms with E-state index in [2.05, 4.69) is 66.2 Å². The molecule has 20 heavy (non-hydrogen) atoms. The predicted octanol–water partition coefficient (Wildman–Crippen LogP) is 5.38. The van der Waals surface area contributed by atoms with Crippen LogP contribution in [0.3, 0.4) is 0 Å². The summed E-state index contributed by atoms with van der Waals surface area (Å²) in [5.41, 5.74) is 11.1. The molecule has 2 N–H and O–H groups in total. The Kier molecular flexibility index (Phi) is 5.30. The summed E-state index contributed by atoms with van der Waals surface area (Å²) in [6.07, 6.45) is 0. The maximum atomic E-state index is 5.90. The minimum Gasteiger partial charge on any atom is -0.324 e. The molecule has 3 heteroatoms. The van der Waals surface area contributed by atoms with Crippen molar-refractivity contribution < 1.29 is 0 Å². The molecule has 0 unspecified atom stereocenters. The standard InChI is InChI=1S/C17H20BrNS/c1-11-6-12(2)8-14(7-11)10-20-17-5-4-15(13(3)19)9-16(17)18/h4-9,13H,10,19H2,1-3H3/t13-/m0/s1. The van der Waals surface area contributed by atoms with Gasteiger partial charge in [0, 0.05) is 21.2 Å². The smallest absolute Gasteiger partial charge is 0.0314 e. The van der Waals surface area contributed by atoms with Crippen LogP contribution in [0.1, 0.15) is 35.2 Å². The number of hydrogen-bond acceptors (Lipinski definition) is 2. The number of benzene rings is 2. The first kappa shape index (κ1) is 15.6. The zero-order valence-electron chi connectivity index (χ0n) is 12.1. The average Bonchev–Trinajstić information content (AvgIpc) is 2.36. The van der Waals surface area contributed by atoms with Gasteiger partial charge in [-0.25, -0.2) is 0 Å². The van der Waals surface area contributed by atoms with Gasteiger partial charge in [0.25, 0.3) is 0 Å². The van der Waals surface area contributed by atoms with Crippen LogP contribution in [0.4, 0.5) is 0 Å². The SMILES string of the molecule is Cc1cc(C)cc(CSc2ccc([C@H](C)N)cc2Br)c1. The van der Waals surface area contributed by atoms with Crippen molar-refractivity contribution >= 4 is 27.7 Å². The van der Waals surface area contributed by atoms with E-state index >= 15 is 0 Å². The highest BCUT2D eigenvalue weighted by atomic mass is 79.9. The van der Waals surface area contributed by atoms with Gasteiger partial charge in [0.05, 0.1) is 0 Å². The van der Waals surface area contributed by atoms with E-state index in [1.165, 1.54) is 21.6 Å². The zero-order valence-corrected chi connectivity index (χ0v) is 14.5. The quantitative estimate of drug-likeness (QED) is 0.750. The van der Waals surface area contributed by atoms with Crippen molar-refractivity contribution in [3.8, 4) is 0 Å². The lowest BCUT2D eigenvalue weighted by Gasteiger charge is -2.10. The van der Waals surface area contributed by atoms with Crippen LogP contribution in [-0.4, -0.2) is 0 Å². The van der Waals surface area contributed by atoms with E-state index in [0.717, 1.165) is 15.8 Å². The van der Waals surface area contributed by atoms with Crippen LogP contribution in [0.25, 0.3) is 0 Å². The molecular weight excluding hydrogens is 330 g/mol. The van der Waals surface area contributed by atoms with Gasteiger partial charge < -0.3 is 5.73 Å². The van der Waals surface area contributed by atoms with Crippen LogP contribution >= 0.6 is 27.7 Å². The molecule has 0 amide bonds. The third-order valence-corrected chi connectivity index (χ3v) is 5.22. The number of halogens is 1. The molecule has 2 aromatic carbocycles. The van der Waals surface area contributed by atoms with Crippen LogP contribution in [0.2, 0.25) is 0 Å². The second kappa shape index (κ2) is 6.79.